The lowest BCUT2D eigenvalue weighted by atomic mass is 10.1. The Hall–Kier alpha value is -1.95. The van der Waals surface area contributed by atoms with Gasteiger partial charge in [-0.25, -0.2) is 4.79 Å². The van der Waals surface area contributed by atoms with E-state index in [2.05, 4.69) is 4.74 Å². The molecule has 6 nitrogen and oxygen atoms in total. The fourth-order valence-corrected chi connectivity index (χ4v) is 1.62. The highest BCUT2D eigenvalue weighted by Gasteiger charge is 2.29. The van der Waals surface area contributed by atoms with Gasteiger partial charge in [0.25, 0.3) is 0 Å². The van der Waals surface area contributed by atoms with Gasteiger partial charge in [0.2, 0.25) is 0 Å². The van der Waals surface area contributed by atoms with Gasteiger partial charge in [-0.05, 0) is 12.1 Å². The van der Waals surface area contributed by atoms with Gasteiger partial charge in [0.1, 0.15) is 19.0 Å². The Morgan fingerprint density at radius 2 is 2.12 bits per heavy atom. The van der Waals surface area contributed by atoms with Crippen molar-refractivity contribution in [1.29, 1.82) is 0 Å². The summed E-state index contributed by atoms with van der Waals surface area (Å²) in [6, 6.07) is 2.84. The average molecular weight is 240 g/mol. The molecule has 0 saturated heterocycles. The third-order valence-corrected chi connectivity index (χ3v) is 2.42. The molecule has 0 fully saturated rings. The minimum atomic E-state index is -1.60. The summed E-state index contributed by atoms with van der Waals surface area (Å²) in [6.07, 6.45) is -1.60. The Morgan fingerprint density at radius 3 is 2.82 bits per heavy atom. The van der Waals surface area contributed by atoms with Crippen molar-refractivity contribution in [3.8, 4) is 17.2 Å². The monoisotopic (exact) mass is 240 g/mol. The number of hydrogen-bond acceptors (Lipinski definition) is 6. The first-order valence-corrected chi connectivity index (χ1v) is 5.02. The molecule has 1 aromatic rings. The van der Waals surface area contributed by atoms with Crippen molar-refractivity contribution in [2.75, 3.05) is 20.3 Å². The molecule has 2 N–H and O–H groups in total. The molecule has 0 radical (unpaired) electrons. The molecule has 0 saturated carbocycles. The molecule has 1 atom stereocenters. The van der Waals surface area contributed by atoms with E-state index < -0.39 is 12.1 Å². The van der Waals surface area contributed by atoms with Crippen LogP contribution in [-0.2, 0) is 9.53 Å². The van der Waals surface area contributed by atoms with E-state index in [1.807, 2.05) is 0 Å². The zero-order valence-corrected chi connectivity index (χ0v) is 9.17. The van der Waals surface area contributed by atoms with E-state index in [1.54, 1.807) is 0 Å². The summed E-state index contributed by atoms with van der Waals surface area (Å²) in [4.78, 5) is 11.3. The van der Waals surface area contributed by atoms with Crippen LogP contribution in [0.1, 0.15) is 11.7 Å². The number of phenolic OH excluding ortho intramolecular Hbond substituents is 1. The normalized spacial score (nSPS) is 15.2. The first kappa shape index (κ1) is 11.5. The molecule has 17 heavy (non-hydrogen) atoms. The summed E-state index contributed by atoms with van der Waals surface area (Å²) < 4.78 is 15.0. The number of fused-ring (bicyclic) bond motifs is 1. The predicted molar refractivity (Wildman–Crippen MR) is 56.1 cm³/mol. The second-order valence-electron chi connectivity index (χ2n) is 3.45. The fourth-order valence-electron chi connectivity index (χ4n) is 1.62. The van der Waals surface area contributed by atoms with Crippen molar-refractivity contribution < 1.29 is 29.2 Å². The molecule has 0 spiro atoms. The number of esters is 1. The van der Waals surface area contributed by atoms with Crippen LogP contribution >= 0.6 is 0 Å². The number of aromatic hydroxyl groups is 1. The molecular formula is C11H12O6. The maximum atomic E-state index is 11.3. The van der Waals surface area contributed by atoms with Crippen molar-refractivity contribution in [3.63, 3.8) is 0 Å². The summed E-state index contributed by atoms with van der Waals surface area (Å²) in [5.74, 6) is -0.559. The standard InChI is InChI=1S/C11H12O6/c1-15-11(14)9(13)8-6(12)2-3-7-10(8)17-5-4-16-7/h2-3,9,12-13H,4-5H2,1H3. The van der Waals surface area contributed by atoms with Gasteiger partial charge in [0.05, 0.1) is 12.7 Å². The molecule has 92 valence electrons. The number of rotatable bonds is 2. The number of aliphatic hydroxyl groups is 1. The van der Waals surface area contributed by atoms with Crippen LogP contribution in [0.4, 0.5) is 0 Å². The van der Waals surface area contributed by atoms with E-state index in [4.69, 9.17) is 9.47 Å². The van der Waals surface area contributed by atoms with Crippen LogP contribution in [0.15, 0.2) is 12.1 Å². The SMILES string of the molecule is COC(=O)C(O)c1c(O)ccc2c1OCCO2. The van der Waals surface area contributed by atoms with Crippen molar-refractivity contribution in [3.05, 3.63) is 17.7 Å². The predicted octanol–water partition coefficient (Wildman–Crippen LogP) is 0.370. The lowest BCUT2D eigenvalue weighted by Gasteiger charge is -2.23. The Kier molecular flexibility index (Phi) is 3.06. The molecule has 1 unspecified atom stereocenters. The number of ether oxygens (including phenoxy) is 3. The third-order valence-electron chi connectivity index (χ3n) is 2.42. The lowest BCUT2D eigenvalue weighted by molar-refractivity contribution is -0.150. The number of carbonyl (C=O) groups is 1. The Morgan fingerprint density at radius 1 is 1.41 bits per heavy atom. The summed E-state index contributed by atoms with van der Waals surface area (Å²) >= 11 is 0. The molecule has 0 aliphatic carbocycles. The molecule has 1 aliphatic rings. The van der Waals surface area contributed by atoms with Crippen LogP contribution in [0.25, 0.3) is 0 Å². The molecule has 1 aromatic carbocycles. The van der Waals surface area contributed by atoms with Gasteiger partial charge in [0, 0.05) is 0 Å². The maximum absolute atomic E-state index is 11.3. The molecule has 2 rings (SSSR count). The fraction of sp³-hybridized carbons (Fsp3) is 0.364. The van der Waals surface area contributed by atoms with E-state index in [-0.39, 0.29) is 23.7 Å². The summed E-state index contributed by atoms with van der Waals surface area (Å²) in [5, 5.41) is 19.4. The number of aliphatic hydroxyl groups excluding tert-OH is 1. The van der Waals surface area contributed by atoms with Crippen LogP contribution in [0.3, 0.4) is 0 Å². The van der Waals surface area contributed by atoms with Crippen molar-refractivity contribution in [1.82, 2.24) is 0 Å². The van der Waals surface area contributed by atoms with E-state index in [0.717, 1.165) is 7.11 Å². The Bertz CT molecular complexity index is 442. The van der Waals surface area contributed by atoms with Crippen LogP contribution in [-0.4, -0.2) is 36.5 Å². The number of phenols is 1. The van der Waals surface area contributed by atoms with Crippen molar-refractivity contribution in [2.24, 2.45) is 0 Å². The van der Waals surface area contributed by atoms with Crippen LogP contribution in [0.5, 0.6) is 17.2 Å². The quantitative estimate of drug-likeness (QED) is 0.726. The Balaban J connectivity index is 2.48. The molecule has 0 amide bonds. The zero-order valence-electron chi connectivity index (χ0n) is 9.17. The highest BCUT2D eigenvalue weighted by atomic mass is 16.6. The first-order chi connectivity index (χ1) is 8.15. The molecular weight excluding hydrogens is 228 g/mol. The highest BCUT2D eigenvalue weighted by Crippen LogP contribution is 2.42. The first-order valence-electron chi connectivity index (χ1n) is 5.02. The topological polar surface area (TPSA) is 85.2 Å². The van der Waals surface area contributed by atoms with Crippen LogP contribution in [0.2, 0.25) is 0 Å². The number of hydrogen-bond donors (Lipinski definition) is 2. The minimum Gasteiger partial charge on any atom is -0.507 e. The van der Waals surface area contributed by atoms with E-state index in [9.17, 15) is 15.0 Å². The molecule has 0 aromatic heterocycles. The van der Waals surface area contributed by atoms with Crippen molar-refractivity contribution in [2.45, 2.75) is 6.10 Å². The second-order valence-corrected chi connectivity index (χ2v) is 3.45. The maximum Gasteiger partial charge on any atom is 0.339 e. The molecule has 1 heterocycles. The van der Waals surface area contributed by atoms with Crippen molar-refractivity contribution >= 4 is 5.97 Å². The summed E-state index contributed by atoms with van der Waals surface area (Å²) in [6.45, 7) is 0.670. The van der Waals surface area contributed by atoms with E-state index in [1.165, 1.54) is 12.1 Å². The van der Waals surface area contributed by atoms with Gasteiger partial charge in [-0.15, -0.1) is 0 Å². The summed E-state index contributed by atoms with van der Waals surface area (Å²) in [7, 11) is 1.15. The highest BCUT2D eigenvalue weighted by molar-refractivity contribution is 5.79. The van der Waals surface area contributed by atoms with Gasteiger partial charge in [0.15, 0.2) is 17.6 Å². The lowest BCUT2D eigenvalue weighted by Crippen LogP contribution is -2.20. The van der Waals surface area contributed by atoms with Gasteiger partial charge in [-0.2, -0.15) is 0 Å². The largest absolute Gasteiger partial charge is 0.507 e. The zero-order chi connectivity index (χ0) is 12.4. The average Bonchev–Trinajstić information content (AvgIpc) is 2.37. The van der Waals surface area contributed by atoms with E-state index in [0.29, 0.717) is 12.4 Å². The van der Waals surface area contributed by atoms with Crippen LogP contribution in [0, 0.1) is 0 Å². The number of carbonyl (C=O) groups excluding carboxylic acids is 1. The molecule has 0 bridgehead atoms. The second kappa shape index (κ2) is 4.50. The Labute approximate surface area is 97.3 Å². The number of benzene rings is 1. The van der Waals surface area contributed by atoms with Gasteiger partial charge >= 0.3 is 5.97 Å². The molecule has 6 heteroatoms. The number of methoxy groups -OCH3 is 1. The van der Waals surface area contributed by atoms with Gasteiger partial charge in [-0.1, -0.05) is 0 Å². The minimum absolute atomic E-state index is 0.0333. The van der Waals surface area contributed by atoms with Gasteiger partial charge < -0.3 is 24.4 Å². The third kappa shape index (κ3) is 1.99. The molecule has 1 aliphatic heterocycles. The van der Waals surface area contributed by atoms with Gasteiger partial charge in [-0.3, -0.25) is 0 Å². The smallest absolute Gasteiger partial charge is 0.339 e. The van der Waals surface area contributed by atoms with Crippen LogP contribution < -0.4 is 9.47 Å². The van der Waals surface area contributed by atoms with E-state index >= 15 is 0 Å². The summed E-state index contributed by atoms with van der Waals surface area (Å²) in [5.41, 5.74) is -0.0333.